The molecule has 0 aliphatic heterocycles. The number of hydrogen-bond acceptors (Lipinski definition) is 4. The Morgan fingerprint density at radius 3 is 1.93 bits per heavy atom. The van der Waals surface area contributed by atoms with Gasteiger partial charge in [0, 0.05) is 17.5 Å². The van der Waals surface area contributed by atoms with Crippen molar-refractivity contribution in [1.82, 2.24) is 0 Å². The Hall–Kier alpha value is -3.79. The number of methoxy groups -OCH3 is 1. The highest BCUT2D eigenvalue weighted by Crippen LogP contribution is 2.33. The van der Waals surface area contributed by atoms with E-state index >= 15 is 0 Å². The number of ether oxygens (including phenoxy) is 2. The van der Waals surface area contributed by atoms with Crippen LogP contribution in [0.25, 0.3) is 0 Å². The molecular formula is C34H37N2O3P. The van der Waals surface area contributed by atoms with Crippen molar-refractivity contribution < 1.29 is 14.3 Å². The summed E-state index contributed by atoms with van der Waals surface area (Å²) in [6.07, 6.45) is 1.38. The van der Waals surface area contributed by atoms with E-state index in [9.17, 15) is 4.79 Å². The zero-order valence-electron chi connectivity index (χ0n) is 23.7. The Labute approximate surface area is 239 Å². The second-order valence-electron chi connectivity index (χ2n) is 10.4. The van der Waals surface area contributed by atoms with Gasteiger partial charge in [-0.2, -0.15) is 0 Å². The van der Waals surface area contributed by atoms with Crippen LogP contribution in [0.2, 0.25) is 0 Å². The van der Waals surface area contributed by atoms with E-state index in [1.54, 1.807) is 7.11 Å². The number of aliphatic imine (C=N–C) groups is 1. The summed E-state index contributed by atoms with van der Waals surface area (Å²) in [4.78, 5) is 18.4. The fourth-order valence-corrected chi connectivity index (χ4v) is 6.88. The first-order valence-electron chi connectivity index (χ1n) is 13.4. The summed E-state index contributed by atoms with van der Waals surface area (Å²) >= 11 is 0. The lowest BCUT2D eigenvalue weighted by molar-refractivity contribution is -0.124. The van der Waals surface area contributed by atoms with Crippen LogP contribution in [0.1, 0.15) is 33.3 Å². The molecule has 0 saturated carbocycles. The Bertz CT molecular complexity index is 1360. The number of carbonyl (C=O) groups excluding carboxylic acids is 1. The van der Waals surface area contributed by atoms with Crippen molar-refractivity contribution in [3.63, 3.8) is 0 Å². The summed E-state index contributed by atoms with van der Waals surface area (Å²) in [5.74, 6) is 0.492. The molecule has 0 aliphatic carbocycles. The minimum Gasteiger partial charge on any atom is -0.497 e. The van der Waals surface area contributed by atoms with Crippen molar-refractivity contribution in [2.45, 2.75) is 45.4 Å². The fourth-order valence-electron chi connectivity index (χ4n) is 4.46. The molecule has 5 nitrogen and oxygen atoms in total. The monoisotopic (exact) mass is 552 g/mol. The summed E-state index contributed by atoms with van der Waals surface area (Å²) in [5.41, 5.74) is 1.22. The molecule has 6 heteroatoms. The maximum absolute atomic E-state index is 13.5. The minimum absolute atomic E-state index is 0.232. The van der Waals surface area contributed by atoms with Crippen LogP contribution in [-0.2, 0) is 9.53 Å². The zero-order valence-corrected chi connectivity index (χ0v) is 24.6. The van der Waals surface area contributed by atoms with Gasteiger partial charge in [-0.15, -0.1) is 0 Å². The second kappa shape index (κ2) is 13.5. The molecule has 0 aliphatic rings. The predicted octanol–water partition coefficient (Wildman–Crippen LogP) is 6.08. The topological polar surface area (TPSA) is 59.9 Å². The largest absolute Gasteiger partial charge is 0.497 e. The van der Waals surface area contributed by atoms with Gasteiger partial charge >= 0.3 is 0 Å². The summed E-state index contributed by atoms with van der Waals surface area (Å²) in [5, 5.41) is 6.68. The van der Waals surface area contributed by atoms with E-state index in [-0.39, 0.29) is 5.91 Å². The van der Waals surface area contributed by atoms with E-state index in [0.717, 1.165) is 11.3 Å². The summed E-state index contributed by atoms with van der Waals surface area (Å²) in [6, 6.07) is 35.9. The Morgan fingerprint density at radius 2 is 1.38 bits per heavy atom. The number of carbonyl (C=O) groups is 1. The van der Waals surface area contributed by atoms with Crippen molar-refractivity contribution in [3.8, 4) is 5.75 Å². The first kappa shape index (κ1) is 29.2. The van der Waals surface area contributed by atoms with Crippen LogP contribution >= 0.6 is 7.92 Å². The summed E-state index contributed by atoms with van der Waals surface area (Å²) < 4.78 is 11.5. The molecule has 0 radical (unpaired) electrons. The number of benzene rings is 4. The molecule has 40 heavy (non-hydrogen) atoms. The van der Waals surface area contributed by atoms with Gasteiger partial charge in [0.05, 0.1) is 18.8 Å². The smallest absolute Gasteiger partial charge is 0.251 e. The predicted molar refractivity (Wildman–Crippen MR) is 168 cm³/mol. The molecule has 0 saturated heterocycles. The van der Waals surface area contributed by atoms with Gasteiger partial charge in [0.25, 0.3) is 5.91 Å². The lowest BCUT2D eigenvalue weighted by atomic mass is 10.1. The molecule has 0 heterocycles. The average Bonchev–Trinajstić information content (AvgIpc) is 2.95. The van der Waals surface area contributed by atoms with Crippen LogP contribution in [0, 0.1) is 0 Å². The van der Waals surface area contributed by atoms with E-state index in [4.69, 9.17) is 14.5 Å². The van der Waals surface area contributed by atoms with Crippen LogP contribution in [0.5, 0.6) is 5.75 Å². The van der Waals surface area contributed by atoms with Gasteiger partial charge < -0.3 is 14.8 Å². The highest BCUT2D eigenvalue weighted by molar-refractivity contribution is 7.80. The summed E-state index contributed by atoms with van der Waals surface area (Å²) in [7, 11) is 0.784. The lowest BCUT2D eigenvalue weighted by Gasteiger charge is -2.28. The molecule has 2 atom stereocenters. The van der Waals surface area contributed by atoms with Gasteiger partial charge in [-0.3, -0.25) is 9.79 Å². The molecule has 4 aromatic rings. The van der Waals surface area contributed by atoms with E-state index < -0.39 is 25.7 Å². The summed E-state index contributed by atoms with van der Waals surface area (Å²) in [6.45, 7) is 7.84. The number of nitrogens with zero attached hydrogens (tertiary/aromatic N) is 1. The normalized spacial score (nSPS) is 13.2. The van der Waals surface area contributed by atoms with E-state index in [0.29, 0.717) is 5.69 Å². The molecule has 0 aromatic heterocycles. The Kier molecular flexibility index (Phi) is 9.87. The van der Waals surface area contributed by atoms with Crippen molar-refractivity contribution >= 4 is 41.6 Å². The van der Waals surface area contributed by atoms with Crippen molar-refractivity contribution in [2.24, 2.45) is 4.99 Å². The first-order valence-corrected chi connectivity index (χ1v) is 14.7. The Morgan fingerprint density at radius 1 is 0.825 bits per heavy atom. The standard InChI is InChI=1S/C34H37N2O3P/c1-25(39-34(2,3)4)32(33(37)36-27-20-22-28(38-5)23-21-27)35-24-26-14-12-13-19-31(26)40(29-15-8-6-9-16-29)30-17-10-7-11-18-30/h6-25,32H,1-5H3,(H,36,37). The quantitative estimate of drug-likeness (QED) is 0.192. The molecule has 2 unspecified atom stereocenters. The van der Waals surface area contributed by atoms with Crippen LogP contribution < -0.4 is 26.0 Å². The number of nitrogens with one attached hydrogen (secondary N) is 1. The third kappa shape index (κ3) is 7.88. The highest BCUT2D eigenvalue weighted by atomic mass is 31.1. The molecule has 4 rings (SSSR count). The Balaban J connectivity index is 1.70. The van der Waals surface area contributed by atoms with E-state index in [1.807, 2.05) is 76.4 Å². The highest BCUT2D eigenvalue weighted by Gasteiger charge is 2.29. The second-order valence-corrected chi connectivity index (χ2v) is 12.6. The number of amides is 1. The average molecular weight is 553 g/mol. The van der Waals surface area contributed by atoms with E-state index in [2.05, 4.69) is 72.0 Å². The van der Waals surface area contributed by atoms with Crippen LogP contribution in [0.15, 0.2) is 114 Å². The van der Waals surface area contributed by atoms with Gasteiger partial charge in [0.2, 0.25) is 0 Å². The van der Waals surface area contributed by atoms with Crippen molar-refractivity contribution in [2.75, 3.05) is 12.4 Å². The molecule has 0 bridgehead atoms. The van der Waals surface area contributed by atoms with Gasteiger partial charge in [0.15, 0.2) is 6.04 Å². The van der Waals surface area contributed by atoms with Crippen molar-refractivity contribution in [3.05, 3.63) is 115 Å². The molecule has 4 aromatic carbocycles. The zero-order chi connectivity index (χ0) is 28.5. The maximum atomic E-state index is 13.5. The third-order valence-corrected chi connectivity index (χ3v) is 8.71. The van der Waals surface area contributed by atoms with Gasteiger partial charge in [-0.05, 0) is 75.8 Å². The first-order chi connectivity index (χ1) is 19.2. The van der Waals surface area contributed by atoms with E-state index in [1.165, 1.54) is 15.9 Å². The molecule has 0 spiro atoms. The third-order valence-electron chi connectivity index (χ3n) is 6.19. The lowest BCUT2D eigenvalue weighted by Crippen LogP contribution is -2.40. The number of anilines is 1. The molecule has 1 amide bonds. The maximum Gasteiger partial charge on any atom is 0.251 e. The van der Waals surface area contributed by atoms with Gasteiger partial charge in [-0.1, -0.05) is 84.9 Å². The number of rotatable bonds is 10. The minimum atomic E-state index is -0.830. The van der Waals surface area contributed by atoms with Gasteiger partial charge in [-0.25, -0.2) is 0 Å². The fraction of sp³-hybridized carbons (Fsp3) is 0.235. The van der Waals surface area contributed by atoms with Crippen LogP contribution in [0.4, 0.5) is 5.69 Å². The molecule has 206 valence electrons. The number of hydrogen-bond donors (Lipinski definition) is 1. The molecule has 1 N–H and O–H groups in total. The van der Waals surface area contributed by atoms with Crippen molar-refractivity contribution in [1.29, 1.82) is 0 Å². The van der Waals surface area contributed by atoms with Gasteiger partial charge in [0.1, 0.15) is 5.75 Å². The SMILES string of the molecule is COc1ccc(NC(=O)C(N=Cc2ccccc2P(c2ccccc2)c2ccccc2)C(C)OC(C)(C)C)cc1. The molecular weight excluding hydrogens is 515 g/mol. The van der Waals surface area contributed by atoms with Crippen LogP contribution in [0.3, 0.4) is 0 Å². The van der Waals surface area contributed by atoms with Crippen LogP contribution in [-0.4, -0.2) is 37.0 Å². The molecule has 0 fully saturated rings.